The van der Waals surface area contributed by atoms with Crippen LogP contribution in [0.5, 0.6) is 0 Å². The zero-order valence-electron chi connectivity index (χ0n) is 9.28. The van der Waals surface area contributed by atoms with Crippen LogP contribution in [0.4, 0.5) is 18.3 Å². The number of thiocarbonyl (C=S) groups is 1. The Bertz CT molecular complexity index is 441. The molecule has 1 aliphatic carbocycles. The molecule has 4 nitrogen and oxygen atoms in total. The Hall–Kier alpha value is -0.960. The molecule has 1 aliphatic rings. The van der Waals surface area contributed by atoms with E-state index in [2.05, 4.69) is 10.2 Å². The normalized spacial score (nSPS) is 15.7. The van der Waals surface area contributed by atoms with Crippen molar-refractivity contribution in [1.82, 2.24) is 10.2 Å². The third kappa shape index (κ3) is 3.29. The number of nitrogens with two attached hydrogens (primary N) is 1. The fraction of sp³-hybridized carbons (Fsp3) is 0.667. The summed E-state index contributed by atoms with van der Waals surface area (Å²) in [6.07, 6.45) is -2.06. The number of halogens is 3. The van der Waals surface area contributed by atoms with Crippen LogP contribution < -0.4 is 10.6 Å². The third-order valence-corrected chi connectivity index (χ3v) is 3.70. The van der Waals surface area contributed by atoms with Crippen molar-refractivity contribution in [3.63, 3.8) is 0 Å². The number of nitrogens with zero attached hydrogens (tertiary/aromatic N) is 3. The van der Waals surface area contributed by atoms with Gasteiger partial charge in [0, 0.05) is 19.0 Å². The molecular weight excluding hydrogens is 285 g/mol. The zero-order chi connectivity index (χ0) is 13.3. The first-order chi connectivity index (χ1) is 8.38. The minimum atomic E-state index is -4.44. The largest absolute Gasteiger partial charge is 0.445 e. The van der Waals surface area contributed by atoms with Crippen molar-refractivity contribution in [3.05, 3.63) is 5.01 Å². The van der Waals surface area contributed by atoms with Crippen molar-refractivity contribution in [2.24, 2.45) is 5.73 Å². The van der Waals surface area contributed by atoms with Crippen LogP contribution in [0.2, 0.25) is 0 Å². The summed E-state index contributed by atoms with van der Waals surface area (Å²) in [6.45, 7) is 0.493. The molecule has 0 atom stereocenters. The lowest BCUT2D eigenvalue weighted by molar-refractivity contribution is -0.138. The van der Waals surface area contributed by atoms with Gasteiger partial charge in [-0.05, 0) is 12.8 Å². The van der Waals surface area contributed by atoms with Crippen molar-refractivity contribution in [3.8, 4) is 0 Å². The van der Waals surface area contributed by atoms with E-state index in [9.17, 15) is 13.2 Å². The minimum absolute atomic E-state index is 0.244. The van der Waals surface area contributed by atoms with Crippen LogP contribution in [-0.2, 0) is 6.18 Å². The number of hydrogen-bond donors (Lipinski definition) is 1. The SMILES string of the molecule is NC(=S)CCN(c1nnc(C(F)(F)F)s1)C1CC1. The molecule has 2 rings (SSSR count). The summed E-state index contributed by atoms with van der Waals surface area (Å²) in [5.74, 6) is 0. The number of aromatic nitrogens is 2. The molecule has 1 fully saturated rings. The van der Waals surface area contributed by atoms with E-state index in [0.29, 0.717) is 34.4 Å². The fourth-order valence-corrected chi connectivity index (χ4v) is 2.40. The quantitative estimate of drug-likeness (QED) is 0.844. The second-order valence-electron chi connectivity index (χ2n) is 4.03. The van der Waals surface area contributed by atoms with Gasteiger partial charge in [0.25, 0.3) is 0 Å². The van der Waals surface area contributed by atoms with Crippen LogP contribution in [0.3, 0.4) is 0 Å². The van der Waals surface area contributed by atoms with Gasteiger partial charge in [-0.1, -0.05) is 23.6 Å². The highest BCUT2D eigenvalue weighted by molar-refractivity contribution is 7.80. The van der Waals surface area contributed by atoms with E-state index in [4.69, 9.17) is 18.0 Å². The number of hydrogen-bond acceptors (Lipinski definition) is 5. The maximum absolute atomic E-state index is 12.4. The van der Waals surface area contributed by atoms with Gasteiger partial charge in [-0.15, -0.1) is 10.2 Å². The summed E-state index contributed by atoms with van der Waals surface area (Å²) >= 11 is 5.34. The molecular formula is C9H11F3N4S2. The van der Waals surface area contributed by atoms with Crippen LogP contribution in [0.15, 0.2) is 0 Å². The second kappa shape index (κ2) is 4.96. The second-order valence-corrected chi connectivity index (χ2v) is 5.51. The lowest BCUT2D eigenvalue weighted by atomic mass is 10.4. The van der Waals surface area contributed by atoms with Gasteiger partial charge in [0.2, 0.25) is 10.1 Å². The van der Waals surface area contributed by atoms with E-state index in [1.54, 1.807) is 0 Å². The Balaban J connectivity index is 2.10. The smallest absolute Gasteiger partial charge is 0.393 e. The highest BCUT2D eigenvalue weighted by atomic mass is 32.1. The van der Waals surface area contributed by atoms with Crippen molar-refractivity contribution < 1.29 is 13.2 Å². The molecule has 100 valence electrons. The van der Waals surface area contributed by atoms with Gasteiger partial charge < -0.3 is 10.6 Å². The maximum Gasteiger partial charge on any atom is 0.445 e. The van der Waals surface area contributed by atoms with Gasteiger partial charge in [-0.25, -0.2) is 0 Å². The summed E-state index contributed by atoms with van der Waals surface area (Å²) in [5, 5.41) is 6.17. The van der Waals surface area contributed by atoms with Crippen LogP contribution in [-0.4, -0.2) is 27.8 Å². The molecule has 2 N–H and O–H groups in total. The predicted molar refractivity (Wildman–Crippen MR) is 66.7 cm³/mol. The van der Waals surface area contributed by atoms with E-state index in [1.807, 2.05) is 4.90 Å². The van der Waals surface area contributed by atoms with Crippen molar-refractivity contribution in [1.29, 1.82) is 0 Å². The summed E-state index contributed by atoms with van der Waals surface area (Å²) < 4.78 is 37.3. The fourth-order valence-electron chi connectivity index (χ4n) is 1.50. The van der Waals surface area contributed by atoms with Gasteiger partial charge >= 0.3 is 6.18 Å². The van der Waals surface area contributed by atoms with Crippen molar-refractivity contribution in [2.75, 3.05) is 11.4 Å². The Labute approximate surface area is 111 Å². The first-order valence-corrected chi connectivity index (χ1v) is 6.56. The topological polar surface area (TPSA) is 55.0 Å². The molecule has 1 heterocycles. The van der Waals surface area contributed by atoms with Gasteiger partial charge in [0.1, 0.15) is 0 Å². The number of alkyl halides is 3. The summed E-state index contributed by atoms with van der Waals surface area (Å²) in [7, 11) is 0. The monoisotopic (exact) mass is 296 g/mol. The van der Waals surface area contributed by atoms with E-state index in [1.165, 1.54) is 0 Å². The molecule has 9 heteroatoms. The zero-order valence-corrected chi connectivity index (χ0v) is 10.9. The van der Waals surface area contributed by atoms with E-state index in [0.717, 1.165) is 12.8 Å². The lowest BCUT2D eigenvalue weighted by Crippen LogP contribution is -2.29. The molecule has 1 aromatic rings. The van der Waals surface area contributed by atoms with Crippen LogP contribution >= 0.6 is 23.6 Å². The van der Waals surface area contributed by atoms with Gasteiger partial charge in [-0.2, -0.15) is 13.2 Å². The highest BCUT2D eigenvalue weighted by Crippen LogP contribution is 2.38. The molecule has 0 saturated heterocycles. The van der Waals surface area contributed by atoms with Crippen molar-refractivity contribution >= 4 is 33.7 Å². The van der Waals surface area contributed by atoms with E-state index >= 15 is 0 Å². The Morgan fingerprint density at radius 3 is 2.56 bits per heavy atom. The molecule has 0 aromatic carbocycles. The Kier molecular flexibility index (Phi) is 3.71. The summed E-state index contributed by atoms with van der Waals surface area (Å²) in [4.78, 5) is 2.16. The molecule has 0 spiro atoms. The molecule has 0 radical (unpaired) electrons. The standard InChI is InChI=1S/C9H11F3N4S2/c10-9(11,12)7-14-15-8(18-7)16(5-1-2-5)4-3-6(13)17/h5H,1-4H2,(H2,13,17). The van der Waals surface area contributed by atoms with Crippen LogP contribution in [0.1, 0.15) is 24.3 Å². The molecule has 1 aromatic heterocycles. The first-order valence-electron chi connectivity index (χ1n) is 5.33. The molecule has 0 bridgehead atoms. The van der Waals surface area contributed by atoms with E-state index in [-0.39, 0.29) is 6.04 Å². The third-order valence-electron chi connectivity index (χ3n) is 2.49. The van der Waals surface area contributed by atoms with Gasteiger partial charge in [0.05, 0.1) is 4.99 Å². The van der Waals surface area contributed by atoms with Crippen LogP contribution in [0, 0.1) is 0 Å². The first kappa shape index (κ1) is 13.5. The summed E-state index contributed by atoms with van der Waals surface area (Å²) in [5.41, 5.74) is 5.41. The summed E-state index contributed by atoms with van der Waals surface area (Å²) in [6, 6.07) is 0.244. The predicted octanol–water partition coefficient (Wildman–Crippen LogP) is 2.20. The average Bonchev–Trinajstić information content (AvgIpc) is 2.93. The lowest BCUT2D eigenvalue weighted by Gasteiger charge is -2.20. The molecule has 1 saturated carbocycles. The number of rotatable bonds is 5. The molecule has 0 amide bonds. The maximum atomic E-state index is 12.4. The highest BCUT2D eigenvalue weighted by Gasteiger charge is 2.38. The van der Waals surface area contributed by atoms with Gasteiger partial charge in [0.15, 0.2) is 0 Å². The van der Waals surface area contributed by atoms with Gasteiger partial charge in [-0.3, -0.25) is 0 Å². The minimum Gasteiger partial charge on any atom is -0.393 e. The molecule has 0 unspecified atom stereocenters. The average molecular weight is 296 g/mol. The number of anilines is 1. The van der Waals surface area contributed by atoms with Crippen molar-refractivity contribution in [2.45, 2.75) is 31.5 Å². The molecule has 18 heavy (non-hydrogen) atoms. The molecule has 0 aliphatic heterocycles. The Morgan fingerprint density at radius 1 is 1.44 bits per heavy atom. The van der Waals surface area contributed by atoms with E-state index < -0.39 is 11.2 Å². The van der Waals surface area contributed by atoms with Crippen LogP contribution in [0.25, 0.3) is 0 Å². The Morgan fingerprint density at radius 2 is 2.11 bits per heavy atom.